The largest absolute Gasteiger partial charge is 0.457 e. The highest BCUT2D eigenvalue weighted by atomic mass is 79.9. The minimum Gasteiger partial charge on any atom is -0.457 e. The fraction of sp³-hybridized carbons (Fsp3) is 0.0769. The molecule has 0 saturated heterocycles. The SMILES string of the molecule is Fc1ccc(Oc2ccccc2CBr)cc1Cl. The normalized spacial score (nSPS) is 10.3. The number of rotatable bonds is 3. The van der Waals surface area contributed by atoms with E-state index in [4.69, 9.17) is 16.3 Å². The number of para-hydroxylation sites is 1. The summed E-state index contributed by atoms with van der Waals surface area (Å²) in [7, 11) is 0. The number of hydrogen-bond donors (Lipinski definition) is 0. The van der Waals surface area contributed by atoms with Crippen LogP contribution in [0.2, 0.25) is 5.02 Å². The smallest absolute Gasteiger partial charge is 0.142 e. The number of halogens is 3. The van der Waals surface area contributed by atoms with Crippen molar-refractivity contribution in [3.05, 3.63) is 58.9 Å². The molecular weight excluding hydrogens is 306 g/mol. The van der Waals surface area contributed by atoms with Crippen LogP contribution in [-0.2, 0) is 5.33 Å². The molecule has 2 aromatic carbocycles. The second-order valence-electron chi connectivity index (χ2n) is 3.42. The summed E-state index contributed by atoms with van der Waals surface area (Å²) in [4.78, 5) is 0. The summed E-state index contributed by atoms with van der Waals surface area (Å²) >= 11 is 9.07. The summed E-state index contributed by atoms with van der Waals surface area (Å²) in [5.74, 6) is 0.796. The lowest BCUT2D eigenvalue weighted by Gasteiger charge is -2.09. The van der Waals surface area contributed by atoms with E-state index in [1.807, 2.05) is 24.3 Å². The van der Waals surface area contributed by atoms with Crippen molar-refractivity contribution in [2.24, 2.45) is 0 Å². The lowest BCUT2D eigenvalue weighted by atomic mass is 10.2. The van der Waals surface area contributed by atoms with Gasteiger partial charge in [-0.1, -0.05) is 45.7 Å². The summed E-state index contributed by atoms with van der Waals surface area (Å²) in [5.41, 5.74) is 1.02. The van der Waals surface area contributed by atoms with Crippen LogP contribution in [-0.4, -0.2) is 0 Å². The van der Waals surface area contributed by atoms with Gasteiger partial charge in [0.25, 0.3) is 0 Å². The van der Waals surface area contributed by atoms with E-state index in [2.05, 4.69) is 15.9 Å². The number of alkyl halides is 1. The first kappa shape index (κ1) is 12.4. The van der Waals surface area contributed by atoms with Gasteiger partial charge in [0, 0.05) is 17.0 Å². The van der Waals surface area contributed by atoms with E-state index in [-0.39, 0.29) is 5.02 Å². The van der Waals surface area contributed by atoms with Crippen LogP contribution in [0.3, 0.4) is 0 Å². The fourth-order valence-electron chi connectivity index (χ4n) is 1.38. The maximum Gasteiger partial charge on any atom is 0.142 e. The third kappa shape index (κ3) is 2.99. The van der Waals surface area contributed by atoms with Gasteiger partial charge in [-0.15, -0.1) is 0 Å². The molecule has 0 saturated carbocycles. The molecule has 4 heteroatoms. The zero-order valence-corrected chi connectivity index (χ0v) is 11.1. The van der Waals surface area contributed by atoms with Gasteiger partial charge in [-0.2, -0.15) is 0 Å². The maximum atomic E-state index is 13.0. The predicted octanol–water partition coefficient (Wildman–Crippen LogP) is 5.17. The van der Waals surface area contributed by atoms with Gasteiger partial charge in [0.05, 0.1) is 5.02 Å². The Kier molecular flexibility index (Phi) is 4.02. The zero-order chi connectivity index (χ0) is 12.3. The highest BCUT2D eigenvalue weighted by molar-refractivity contribution is 9.08. The van der Waals surface area contributed by atoms with Crippen molar-refractivity contribution in [1.82, 2.24) is 0 Å². The average molecular weight is 316 g/mol. The molecule has 0 spiro atoms. The van der Waals surface area contributed by atoms with Crippen LogP contribution >= 0.6 is 27.5 Å². The van der Waals surface area contributed by atoms with Gasteiger partial charge in [-0.05, 0) is 18.2 Å². The molecule has 2 aromatic rings. The van der Waals surface area contributed by atoms with Gasteiger partial charge in [0.1, 0.15) is 17.3 Å². The Morgan fingerprint density at radius 2 is 1.94 bits per heavy atom. The van der Waals surface area contributed by atoms with Gasteiger partial charge in [0.2, 0.25) is 0 Å². The molecule has 0 aliphatic carbocycles. The Morgan fingerprint density at radius 1 is 1.18 bits per heavy atom. The minimum absolute atomic E-state index is 0.0545. The van der Waals surface area contributed by atoms with E-state index >= 15 is 0 Å². The maximum absolute atomic E-state index is 13.0. The molecule has 1 nitrogen and oxygen atoms in total. The molecule has 0 atom stereocenters. The minimum atomic E-state index is -0.451. The first-order valence-corrected chi connectivity index (χ1v) is 6.47. The lowest BCUT2D eigenvalue weighted by molar-refractivity contribution is 0.476. The molecule has 0 fully saturated rings. The van der Waals surface area contributed by atoms with E-state index in [1.165, 1.54) is 12.1 Å². The van der Waals surface area contributed by atoms with E-state index in [9.17, 15) is 4.39 Å². The summed E-state index contributed by atoms with van der Waals surface area (Å²) in [6.07, 6.45) is 0. The van der Waals surface area contributed by atoms with Crippen molar-refractivity contribution in [3.63, 3.8) is 0 Å². The van der Waals surface area contributed by atoms with Gasteiger partial charge in [-0.3, -0.25) is 0 Å². The van der Waals surface area contributed by atoms with Crippen LogP contribution in [0.15, 0.2) is 42.5 Å². The Labute approximate surface area is 112 Å². The highest BCUT2D eigenvalue weighted by Gasteiger charge is 2.05. The van der Waals surface area contributed by atoms with Crippen LogP contribution in [0.25, 0.3) is 0 Å². The third-order valence-corrected chi connectivity index (χ3v) is 3.13. The van der Waals surface area contributed by atoms with Crippen molar-refractivity contribution >= 4 is 27.5 Å². The molecule has 0 radical (unpaired) electrons. The molecule has 0 bridgehead atoms. The standard InChI is InChI=1S/C13H9BrClFO/c14-8-9-3-1-2-4-13(9)17-10-5-6-12(16)11(15)7-10/h1-7H,8H2. The average Bonchev–Trinajstić information content (AvgIpc) is 2.34. The highest BCUT2D eigenvalue weighted by Crippen LogP contribution is 2.29. The topological polar surface area (TPSA) is 9.23 Å². The number of benzene rings is 2. The van der Waals surface area contributed by atoms with E-state index < -0.39 is 5.82 Å². The van der Waals surface area contributed by atoms with Crippen LogP contribution in [0.4, 0.5) is 4.39 Å². The molecule has 0 aromatic heterocycles. The van der Waals surface area contributed by atoms with E-state index in [0.29, 0.717) is 11.1 Å². The molecule has 0 heterocycles. The molecule has 17 heavy (non-hydrogen) atoms. The molecule has 88 valence electrons. The van der Waals surface area contributed by atoms with Crippen LogP contribution in [0.1, 0.15) is 5.56 Å². The molecular formula is C13H9BrClFO. The lowest BCUT2D eigenvalue weighted by Crippen LogP contribution is -1.89. The van der Waals surface area contributed by atoms with Crippen LogP contribution in [0.5, 0.6) is 11.5 Å². The first-order chi connectivity index (χ1) is 8.20. The van der Waals surface area contributed by atoms with Gasteiger partial charge >= 0.3 is 0 Å². The summed E-state index contributed by atoms with van der Waals surface area (Å²) < 4.78 is 18.6. The van der Waals surface area contributed by atoms with Gasteiger partial charge in [-0.25, -0.2) is 4.39 Å². The van der Waals surface area contributed by atoms with Crippen LogP contribution in [0, 0.1) is 5.82 Å². The summed E-state index contributed by atoms with van der Waals surface area (Å²) in [6, 6.07) is 11.9. The van der Waals surface area contributed by atoms with Crippen molar-refractivity contribution in [3.8, 4) is 11.5 Å². The molecule has 0 aliphatic rings. The molecule has 0 N–H and O–H groups in total. The first-order valence-electron chi connectivity index (χ1n) is 4.97. The van der Waals surface area contributed by atoms with Crippen LogP contribution < -0.4 is 4.74 Å². The second kappa shape index (κ2) is 5.52. The van der Waals surface area contributed by atoms with E-state index in [0.717, 1.165) is 11.3 Å². The van der Waals surface area contributed by atoms with E-state index in [1.54, 1.807) is 6.07 Å². The Hall–Kier alpha value is -1.06. The summed E-state index contributed by atoms with van der Waals surface area (Å²) in [6.45, 7) is 0. The molecule has 0 amide bonds. The Bertz CT molecular complexity index is 531. The molecule has 0 aliphatic heterocycles. The monoisotopic (exact) mass is 314 g/mol. The fourth-order valence-corrected chi connectivity index (χ4v) is 2.01. The zero-order valence-electron chi connectivity index (χ0n) is 8.79. The number of ether oxygens (including phenoxy) is 1. The summed E-state index contributed by atoms with van der Waals surface area (Å²) in [5, 5.41) is 0.747. The quantitative estimate of drug-likeness (QED) is 0.710. The molecule has 0 unspecified atom stereocenters. The Balaban J connectivity index is 2.28. The number of hydrogen-bond acceptors (Lipinski definition) is 1. The van der Waals surface area contributed by atoms with Crippen molar-refractivity contribution < 1.29 is 9.13 Å². The van der Waals surface area contributed by atoms with Crippen molar-refractivity contribution in [2.75, 3.05) is 0 Å². The van der Waals surface area contributed by atoms with Gasteiger partial charge < -0.3 is 4.74 Å². The Morgan fingerprint density at radius 3 is 2.65 bits per heavy atom. The molecule has 2 rings (SSSR count). The third-order valence-electron chi connectivity index (χ3n) is 2.24. The second-order valence-corrected chi connectivity index (χ2v) is 4.39. The van der Waals surface area contributed by atoms with Gasteiger partial charge in [0.15, 0.2) is 0 Å². The predicted molar refractivity (Wildman–Crippen MR) is 70.6 cm³/mol. The van der Waals surface area contributed by atoms with Crippen molar-refractivity contribution in [2.45, 2.75) is 5.33 Å². The van der Waals surface area contributed by atoms with Crippen molar-refractivity contribution in [1.29, 1.82) is 0 Å².